The van der Waals surface area contributed by atoms with E-state index in [1.165, 1.54) is 18.2 Å². The molecule has 0 bridgehead atoms. The van der Waals surface area contributed by atoms with Gasteiger partial charge in [0.25, 0.3) is 11.6 Å². The standard InChI is InChI=1S/C19H11ClN4O3S/c20-14-5-4-13(24(26)27)10-16(14)22-19-23-18(25)17(28-19)9-11-3-6-15-12(8-11)2-1-7-21-15/h1-10H,(H,22,23,25). The Hall–Kier alpha value is -3.23. The number of pyridine rings is 1. The van der Waals surface area contributed by atoms with Gasteiger partial charge in [-0.3, -0.25) is 19.9 Å². The number of aliphatic imine (C=N–C) groups is 1. The number of fused-ring (bicyclic) bond motifs is 1. The molecule has 0 radical (unpaired) electrons. The summed E-state index contributed by atoms with van der Waals surface area (Å²) in [4.78, 5) is 31.3. The van der Waals surface area contributed by atoms with Gasteiger partial charge < -0.3 is 5.32 Å². The molecule has 0 saturated carbocycles. The van der Waals surface area contributed by atoms with E-state index < -0.39 is 4.92 Å². The van der Waals surface area contributed by atoms with Gasteiger partial charge in [-0.25, -0.2) is 0 Å². The van der Waals surface area contributed by atoms with Crippen molar-refractivity contribution in [3.05, 3.63) is 80.3 Å². The first-order valence-corrected chi connectivity index (χ1v) is 9.27. The molecule has 1 aromatic heterocycles. The van der Waals surface area contributed by atoms with E-state index in [1.807, 2.05) is 30.3 Å². The number of aromatic nitrogens is 1. The number of thioether (sulfide) groups is 1. The van der Waals surface area contributed by atoms with Crippen LogP contribution in [0.2, 0.25) is 5.02 Å². The lowest BCUT2D eigenvalue weighted by atomic mass is 10.1. The fraction of sp³-hybridized carbons (Fsp3) is 0. The Bertz CT molecular complexity index is 1190. The number of rotatable bonds is 3. The number of nitrogens with one attached hydrogen (secondary N) is 1. The van der Waals surface area contributed by atoms with E-state index in [0.29, 0.717) is 20.8 Å². The number of halogens is 1. The van der Waals surface area contributed by atoms with Crippen LogP contribution in [0.3, 0.4) is 0 Å². The highest BCUT2D eigenvalue weighted by Gasteiger charge is 2.23. The van der Waals surface area contributed by atoms with Gasteiger partial charge in [-0.2, -0.15) is 4.99 Å². The van der Waals surface area contributed by atoms with Crippen LogP contribution in [-0.4, -0.2) is 21.0 Å². The number of nitrogens with zero attached hydrogens (tertiary/aromatic N) is 3. The Morgan fingerprint density at radius 1 is 1.18 bits per heavy atom. The highest BCUT2D eigenvalue weighted by molar-refractivity contribution is 8.18. The molecule has 3 aromatic rings. The van der Waals surface area contributed by atoms with Gasteiger partial charge in [0, 0.05) is 23.7 Å². The first-order chi connectivity index (χ1) is 13.5. The molecule has 0 spiro atoms. The summed E-state index contributed by atoms with van der Waals surface area (Å²) in [6.07, 6.45) is 3.47. The Morgan fingerprint density at radius 2 is 2.04 bits per heavy atom. The zero-order valence-electron chi connectivity index (χ0n) is 14.1. The van der Waals surface area contributed by atoms with Crippen LogP contribution in [0.5, 0.6) is 0 Å². The fourth-order valence-electron chi connectivity index (χ4n) is 2.64. The lowest BCUT2D eigenvalue weighted by Gasteiger charge is -2.06. The number of nitro groups is 1. The van der Waals surface area contributed by atoms with E-state index in [9.17, 15) is 14.9 Å². The normalized spacial score (nSPS) is 15.1. The van der Waals surface area contributed by atoms with Gasteiger partial charge in [-0.1, -0.05) is 23.7 Å². The molecule has 0 aliphatic carbocycles. The average Bonchev–Trinajstić information content (AvgIpc) is 3.02. The number of benzene rings is 2. The zero-order chi connectivity index (χ0) is 19.7. The zero-order valence-corrected chi connectivity index (χ0v) is 15.7. The number of hydrogen-bond donors (Lipinski definition) is 1. The molecule has 28 heavy (non-hydrogen) atoms. The summed E-state index contributed by atoms with van der Waals surface area (Å²) in [5.41, 5.74) is 1.92. The summed E-state index contributed by atoms with van der Waals surface area (Å²) in [5.74, 6) is -0.389. The predicted octanol–water partition coefficient (Wildman–Crippen LogP) is 4.88. The maximum Gasteiger partial charge on any atom is 0.286 e. The van der Waals surface area contributed by atoms with Crippen LogP contribution in [0.15, 0.2) is 64.6 Å². The van der Waals surface area contributed by atoms with E-state index in [-0.39, 0.29) is 11.6 Å². The number of amides is 1. The summed E-state index contributed by atoms with van der Waals surface area (Å²) < 4.78 is 0. The number of anilines is 1. The van der Waals surface area contributed by atoms with Crippen LogP contribution in [-0.2, 0) is 4.79 Å². The van der Waals surface area contributed by atoms with Crippen LogP contribution in [0.1, 0.15) is 5.56 Å². The molecule has 1 amide bonds. The average molecular weight is 411 g/mol. The van der Waals surface area contributed by atoms with E-state index >= 15 is 0 Å². The quantitative estimate of drug-likeness (QED) is 0.375. The Morgan fingerprint density at radius 3 is 2.86 bits per heavy atom. The summed E-state index contributed by atoms with van der Waals surface area (Å²) in [5, 5.41) is 15.4. The van der Waals surface area contributed by atoms with Crippen molar-refractivity contribution in [1.82, 2.24) is 4.98 Å². The predicted molar refractivity (Wildman–Crippen MR) is 111 cm³/mol. The van der Waals surface area contributed by atoms with Gasteiger partial charge in [0.15, 0.2) is 5.17 Å². The van der Waals surface area contributed by atoms with Gasteiger partial charge in [-0.15, -0.1) is 0 Å². The van der Waals surface area contributed by atoms with Crippen molar-refractivity contribution in [2.24, 2.45) is 4.99 Å². The number of hydrogen-bond acceptors (Lipinski definition) is 6. The van der Waals surface area contributed by atoms with Gasteiger partial charge >= 0.3 is 0 Å². The van der Waals surface area contributed by atoms with Crippen molar-refractivity contribution in [2.75, 3.05) is 5.32 Å². The smallest absolute Gasteiger partial charge is 0.286 e. The summed E-state index contributed by atoms with van der Waals surface area (Å²) in [6, 6.07) is 13.5. The van der Waals surface area contributed by atoms with Crippen molar-refractivity contribution >= 4 is 62.8 Å². The molecule has 1 N–H and O–H groups in total. The number of amidine groups is 1. The van der Waals surface area contributed by atoms with Gasteiger partial charge in [0.05, 0.1) is 26.1 Å². The van der Waals surface area contributed by atoms with Crippen LogP contribution in [0.25, 0.3) is 17.0 Å². The van der Waals surface area contributed by atoms with Crippen LogP contribution < -0.4 is 5.32 Å². The number of carbonyl (C=O) groups excluding carboxylic acids is 1. The molecule has 0 atom stereocenters. The lowest BCUT2D eigenvalue weighted by Crippen LogP contribution is -2.05. The molecule has 2 heterocycles. The van der Waals surface area contributed by atoms with Crippen LogP contribution in [0, 0.1) is 10.1 Å². The summed E-state index contributed by atoms with van der Waals surface area (Å²) in [6.45, 7) is 0. The number of carbonyl (C=O) groups is 1. The minimum atomic E-state index is -0.518. The molecule has 2 aromatic carbocycles. The maximum atomic E-state index is 12.2. The molecule has 0 saturated heterocycles. The molecule has 1 aliphatic rings. The van der Waals surface area contributed by atoms with Gasteiger partial charge in [0.1, 0.15) is 0 Å². The van der Waals surface area contributed by atoms with E-state index in [0.717, 1.165) is 28.2 Å². The second-order valence-corrected chi connectivity index (χ2v) is 7.27. The fourth-order valence-corrected chi connectivity index (χ4v) is 3.63. The van der Waals surface area contributed by atoms with E-state index in [4.69, 9.17) is 11.6 Å². The molecule has 0 unspecified atom stereocenters. The summed E-state index contributed by atoms with van der Waals surface area (Å²) in [7, 11) is 0. The molecule has 7 nitrogen and oxygen atoms in total. The molecule has 9 heteroatoms. The van der Waals surface area contributed by atoms with Crippen LogP contribution in [0.4, 0.5) is 11.4 Å². The van der Waals surface area contributed by atoms with Crippen molar-refractivity contribution in [1.29, 1.82) is 0 Å². The number of non-ortho nitro benzene ring substituents is 1. The number of nitro benzene ring substituents is 1. The Kier molecular flexibility index (Phi) is 4.81. The van der Waals surface area contributed by atoms with Gasteiger partial charge in [-0.05, 0) is 47.7 Å². The second kappa shape index (κ2) is 7.41. The molecule has 0 fully saturated rings. The van der Waals surface area contributed by atoms with Crippen molar-refractivity contribution in [2.45, 2.75) is 0 Å². The first kappa shape index (κ1) is 18.1. The third-order valence-electron chi connectivity index (χ3n) is 3.95. The first-order valence-electron chi connectivity index (χ1n) is 8.08. The lowest BCUT2D eigenvalue weighted by molar-refractivity contribution is -0.384. The highest BCUT2D eigenvalue weighted by Crippen LogP contribution is 2.33. The largest absolute Gasteiger partial charge is 0.333 e. The van der Waals surface area contributed by atoms with Crippen LogP contribution >= 0.6 is 23.4 Å². The van der Waals surface area contributed by atoms with E-state index in [2.05, 4.69) is 15.3 Å². The minimum absolute atomic E-state index is 0.109. The maximum absolute atomic E-state index is 12.2. The van der Waals surface area contributed by atoms with Crippen molar-refractivity contribution in [3.63, 3.8) is 0 Å². The molecular weight excluding hydrogens is 400 g/mol. The minimum Gasteiger partial charge on any atom is -0.333 e. The van der Waals surface area contributed by atoms with E-state index in [1.54, 1.807) is 12.3 Å². The monoisotopic (exact) mass is 410 g/mol. The van der Waals surface area contributed by atoms with Crippen molar-refractivity contribution in [3.8, 4) is 0 Å². The third kappa shape index (κ3) is 3.73. The Labute approximate surface area is 168 Å². The van der Waals surface area contributed by atoms with Crippen molar-refractivity contribution < 1.29 is 9.72 Å². The molecule has 138 valence electrons. The highest BCUT2D eigenvalue weighted by atomic mass is 35.5. The Balaban J connectivity index is 1.56. The third-order valence-corrected chi connectivity index (χ3v) is 5.18. The molecule has 4 rings (SSSR count). The SMILES string of the molecule is O=C1N=C(Nc2cc([N+](=O)[O-])ccc2Cl)SC1=Cc1ccc2ncccc2c1. The summed E-state index contributed by atoms with van der Waals surface area (Å²) >= 11 is 7.23. The molecule has 1 aliphatic heterocycles. The molecular formula is C19H11ClN4O3S. The van der Waals surface area contributed by atoms with Gasteiger partial charge in [0.2, 0.25) is 0 Å². The second-order valence-electron chi connectivity index (χ2n) is 5.83. The topological polar surface area (TPSA) is 97.5 Å².